The van der Waals surface area contributed by atoms with Gasteiger partial charge in [0.15, 0.2) is 0 Å². The predicted octanol–water partition coefficient (Wildman–Crippen LogP) is 2.02. The average Bonchev–Trinajstić information content (AvgIpc) is 2.29. The van der Waals surface area contributed by atoms with Crippen LogP contribution in [0.3, 0.4) is 0 Å². The minimum atomic E-state index is -1.34. The van der Waals surface area contributed by atoms with Gasteiger partial charge in [-0.25, -0.2) is 4.79 Å². The molecule has 78 valence electrons. The summed E-state index contributed by atoms with van der Waals surface area (Å²) in [7, 11) is 0. The average molecular weight is 196 g/mol. The Kier molecular flexibility index (Phi) is 2.30. The van der Waals surface area contributed by atoms with Crippen LogP contribution in [0.2, 0.25) is 0 Å². The van der Waals surface area contributed by atoms with Crippen molar-refractivity contribution in [2.24, 2.45) is 10.8 Å². The van der Waals surface area contributed by atoms with Gasteiger partial charge >= 0.3 is 5.97 Å². The fourth-order valence-electron chi connectivity index (χ4n) is 2.05. The first kappa shape index (κ1) is 11.0. The molecule has 0 radical (unpaired) electrons. The van der Waals surface area contributed by atoms with E-state index in [9.17, 15) is 9.59 Å². The minimum Gasteiger partial charge on any atom is -0.475 e. The molecule has 0 saturated heterocycles. The smallest absolute Gasteiger partial charge is 0.372 e. The summed E-state index contributed by atoms with van der Waals surface area (Å²) in [5.41, 5.74) is -0.243. The first-order valence-corrected chi connectivity index (χ1v) is 4.69. The monoisotopic (exact) mass is 196 g/mol. The normalized spacial score (nSPS) is 30.4. The van der Waals surface area contributed by atoms with Crippen molar-refractivity contribution in [3.05, 3.63) is 12.2 Å². The van der Waals surface area contributed by atoms with E-state index in [1.54, 1.807) is 6.92 Å². The van der Waals surface area contributed by atoms with Crippen molar-refractivity contribution >= 4 is 11.8 Å². The third-order valence-corrected chi connectivity index (χ3v) is 3.89. The van der Waals surface area contributed by atoms with Crippen molar-refractivity contribution in [3.8, 4) is 0 Å². The highest BCUT2D eigenvalue weighted by molar-refractivity contribution is 6.35. The van der Waals surface area contributed by atoms with Gasteiger partial charge in [0, 0.05) is 5.41 Å². The van der Waals surface area contributed by atoms with E-state index in [4.69, 9.17) is 5.11 Å². The van der Waals surface area contributed by atoms with Gasteiger partial charge in [-0.05, 0) is 18.3 Å². The molecule has 1 rings (SSSR count). The summed E-state index contributed by atoms with van der Waals surface area (Å²) in [6.45, 7) is 9.41. The Morgan fingerprint density at radius 3 is 2.14 bits per heavy atom. The highest BCUT2D eigenvalue weighted by Gasteiger charge is 2.54. The molecule has 0 amide bonds. The van der Waals surface area contributed by atoms with Crippen molar-refractivity contribution in [1.29, 1.82) is 0 Å². The van der Waals surface area contributed by atoms with Crippen LogP contribution in [0.15, 0.2) is 12.2 Å². The fraction of sp³-hybridized carbons (Fsp3) is 0.636. The van der Waals surface area contributed by atoms with E-state index in [1.165, 1.54) is 0 Å². The quantitative estimate of drug-likeness (QED) is 0.543. The molecule has 1 aliphatic carbocycles. The molecule has 0 aliphatic heterocycles. The Balaban J connectivity index is 3.14. The lowest BCUT2D eigenvalue weighted by molar-refractivity contribution is -0.156. The lowest BCUT2D eigenvalue weighted by Gasteiger charge is -2.36. The zero-order valence-corrected chi connectivity index (χ0v) is 8.89. The van der Waals surface area contributed by atoms with E-state index in [1.807, 2.05) is 13.8 Å². The second-order valence-electron chi connectivity index (χ2n) is 4.69. The standard InChI is InChI=1S/C11H16O3/c1-7-5-6-11(4,10(7,2)3)8(12)9(13)14/h1,5-6H2,2-4H3,(H,13,14)/t11-/m1/s1. The van der Waals surface area contributed by atoms with Crippen LogP contribution in [0.1, 0.15) is 33.6 Å². The number of hydrogen-bond donors (Lipinski definition) is 1. The Morgan fingerprint density at radius 2 is 1.86 bits per heavy atom. The van der Waals surface area contributed by atoms with Gasteiger partial charge in [-0.2, -0.15) is 0 Å². The Bertz CT molecular complexity index is 314. The summed E-state index contributed by atoms with van der Waals surface area (Å²) in [4.78, 5) is 22.3. The molecule has 0 aromatic carbocycles. The van der Waals surface area contributed by atoms with Crippen LogP contribution in [0, 0.1) is 10.8 Å². The molecular formula is C11H16O3. The second kappa shape index (κ2) is 2.94. The maximum atomic E-state index is 11.6. The number of rotatable bonds is 2. The van der Waals surface area contributed by atoms with E-state index in [2.05, 4.69) is 6.58 Å². The number of ketones is 1. The van der Waals surface area contributed by atoms with E-state index in [0.717, 1.165) is 12.0 Å². The molecule has 3 nitrogen and oxygen atoms in total. The summed E-state index contributed by atoms with van der Waals surface area (Å²) >= 11 is 0. The van der Waals surface area contributed by atoms with Crippen LogP contribution in [0.25, 0.3) is 0 Å². The second-order valence-corrected chi connectivity index (χ2v) is 4.69. The van der Waals surface area contributed by atoms with Gasteiger partial charge in [-0.1, -0.05) is 32.9 Å². The number of allylic oxidation sites excluding steroid dienone is 1. The number of carboxylic acid groups (broad SMARTS) is 1. The van der Waals surface area contributed by atoms with Gasteiger partial charge in [0.2, 0.25) is 5.78 Å². The number of carbonyl (C=O) groups is 2. The summed E-state index contributed by atoms with van der Waals surface area (Å²) in [5.74, 6) is -2.03. The Labute approximate surface area is 83.8 Å². The predicted molar refractivity (Wildman–Crippen MR) is 52.9 cm³/mol. The van der Waals surface area contributed by atoms with E-state index < -0.39 is 22.6 Å². The van der Waals surface area contributed by atoms with Gasteiger partial charge in [-0.3, -0.25) is 4.79 Å². The van der Waals surface area contributed by atoms with Crippen molar-refractivity contribution < 1.29 is 14.7 Å². The highest BCUT2D eigenvalue weighted by atomic mass is 16.4. The molecule has 1 N–H and O–H groups in total. The van der Waals surface area contributed by atoms with Crippen molar-refractivity contribution in [1.82, 2.24) is 0 Å². The molecule has 0 aromatic heterocycles. The third kappa shape index (κ3) is 1.19. The van der Waals surface area contributed by atoms with Crippen LogP contribution in [0.4, 0.5) is 0 Å². The maximum absolute atomic E-state index is 11.6. The molecule has 0 heterocycles. The number of aliphatic carboxylic acids is 1. The SMILES string of the molecule is C=C1CC[C@](C)(C(=O)C(=O)O)C1(C)C. The fourth-order valence-corrected chi connectivity index (χ4v) is 2.05. The van der Waals surface area contributed by atoms with Crippen LogP contribution >= 0.6 is 0 Å². The number of carboxylic acids is 1. The summed E-state index contributed by atoms with van der Waals surface area (Å²) in [6, 6.07) is 0. The summed E-state index contributed by atoms with van der Waals surface area (Å²) in [6.07, 6.45) is 1.33. The lowest BCUT2D eigenvalue weighted by atomic mass is 9.65. The van der Waals surface area contributed by atoms with Crippen molar-refractivity contribution in [3.63, 3.8) is 0 Å². The molecule has 0 spiro atoms. The van der Waals surface area contributed by atoms with E-state index >= 15 is 0 Å². The van der Waals surface area contributed by atoms with Gasteiger partial charge in [0.1, 0.15) is 0 Å². The van der Waals surface area contributed by atoms with Crippen LogP contribution < -0.4 is 0 Å². The number of Topliss-reactive ketones (excluding diaryl/α,β-unsaturated/α-hetero) is 1. The third-order valence-electron chi connectivity index (χ3n) is 3.89. The minimum absolute atomic E-state index is 0.414. The molecule has 1 atom stereocenters. The van der Waals surface area contributed by atoms with Gasteiger partial charge in [0.25, 0.3) is 0 Å². The molecule has 1 fully saturated rings. The van der Waals surface area contributed by atoms with Gasteiger partial charge < -0.3 is 5.11 Å². The highest BCUT2D eigenvalue weighted by Crippen LogP contribution is 2.55. The molecule has 0 aromatic rings. The molecule has 0 unspecified atom stereocenters. The van der Waals surface area contributed by atoms with Gasteiger partial charge in [0.05, 0.1) is 0 Å². The Morgan fingerprint density at radius 1 is 1.36 bits per heavy atom. The summed E-state index contributed by atoms with van der Waals surface area (Å²) in [5, 5.41) is 8.75. The van der Waals surface area contributed by atoms with Crippen molar-refractivity contribution in [2.45, 2.75) is 33.6 Å². The van der Waals surface area contributed by atoms with E-state index in [-0.39, 0.29) is 0 Å². The van der Waals surface area contributed by atoms with Crippen LogP contribution in [0.5, 0.6) is 0 Å². The lowest BCUT2D eigenvalue weighted by Crippen LogP contribution is -2.42. The van der Waals surface area contributed by atoms with Crippen LogP contribution in [-0.4, -0.2) is 16.9 Å². The zero-order chi connectivity index (χ0) is 11.1. The molecule has 1 aliphatic rings. The largest absolute Gasteiger partial charge is 0.475 e. The molecule has 1 saturated carbocycles. The number of hydrogen-bond acceptors (Lipinski definition) is 2. The van der Waals surface area contributed by atoms with Crippen molar-refractivity contribution in [2.75, 3.05) is 0 Å². The molecule has 14 heavy (non-hydrogen) atoms. The first-order chi connectivity index (χ1) is 6.23. The topological polar surface area (TPSA) is 54.4 Å². The summed E-state index contributed by atoms with van der Waals surface area (Å²) < 4.78 is 0. The van der Waals surface area contributed by atoms with E-state index in [0.29, 0.717) is 6.42 Å². The molecule has 0 bridgehead atoms. The Hall–Kier alpha value is -1.12. The van der Waals surface area contributed by atoms with Crippen LogP contribution in [-0.2, 0) is 9.59 Å². The molecular weight excluding hydrogens is 180 g/mol. The molecule has 3 heteroatoms. The van der Waals surface area contributed by atoms with Gasteiger partial charge in [-0.15, -0.1) is 0 Å². The zero-order valence-electron chi connectivity index (χ0n) is 8.89. The maximum Gasteiger partial charge on any atom is 0.372 e. The number of carbonyl (C=O) groups excluding carboxylic acids is 1. The first-order valence-electron chi connectivity index (χ1n) is 4.69.